The molecule has 0 radical (unpaired) electrons. The van der Waals surface area contributed by atoms with Crippen LogP contribution in [0, 0.1) is 17.5 Å². The van der Waals surface area contributed by atoms with Gasteiger partial charge in [-0.2, -0.15) is 19.7 Å². The highest BCUT2D eigenvalue weighted by Crippen LogP contribution is 2.28. The summed E-state index contributed by atoms with van der Waals surface area (Å²) in [5.41, 5.74) is 12.0. The second-order valence-electron chi connectivity index (χ2n) is 6.51. The number of nitrogen functional groups attached to an aromatic ring is 2. The van der Waals surface area contributed by atoms with E-state index in [1.807, 2.05) is 5.32 Å². The predicted molar refractivity (Wildman–Crippen MR) is 106 cm³/mol. The van der Waals surface area contributed by atoms with E-state index in [2.05, 4.69) is 15.1 Å². The number of benzene rings is 2. The molecule has 0 saturated heterocycles. The highest BCUT2D eigenvalue weighted by Gasteiger charge is 2.20. The smallest absolute Gasteiger partial charge is 0.409 e. The van der Waals surface area contributed by atoms with Crippen molar-refractivity contribution >= 4 is 34.3 Å². The molecule has 0 fully saturated rings. The van der Waals surface area contributed by atoms with Gasteiger partial charge >= 0.3 is 6.09 Å². The number of carbonyl (C=O) groups is 1. The number of hydrogen-bond donors (Lipinski definition) is 4. The molecule has 2 heterocycles. The Morgan fingerprint density at radius 3 is 2.45 bits per heavy atom. The van der Waals surface area contributed by atoms with E-state index in [1.165, 1.54) is 4.68 Å². The minimum Gasteiger partial charge on any atom is -0.465 e. The fourth-order valence-electron chi connectivity index (χ4n) is 3.15. The monoisotopic (exact) mass is 429 g/mol. The van der Waals surface area contributed by atoms with Gasteiger partial charge in [0.15, 0.2) is 23.3 Å². The minimum absolute atomic E-state index is 0.0701. The van der Waals surface area contributed by atoms with Crippen molar-refractivity contribution in [3.05, 3.63) is 65.1 Å². The Morgan fingerprint density at radius 1 is 1.10 bits per heavy atom. The number of rotatable bonds is 4. The van der Waals surface area contributed by atoms with E-state index in [9.17, 15) is 18.0 Å². The zero-order chi connectivity index (χ0) is 22.3. The number of nitrogens with two attached hydrogens (primary N) is 2. The van der Waals surface area contributed by atoms with E-state index >= 15 is 0 Å². The van der Waals surface area contributed by atoms with Gasteiger partial charge in [-0.05, 0) is 17.7 Å². The second kappa shape index (κ2) is 7.48. The number of amides is 1. The summed E-state index contributed by atoms with van der Waals surface area (Å²) in [6.07, 6.45) is -1.61. The molecule has 4 aromatic rings. The summed E-state index contributed by atoms with van der Waals surface area (Å²) in [5.74, 6) is -3.92. The number of nitrogens with zero attached hydrogens (tertiary/aromatic N) is 4. The number of para-hydroxylation sites is 1. The molecule has 4 rings (SSSR count). The standard InChI is InChI=1S/C19H14F3N7O2/c20-9-5-8(14(22)11(21)7-9)6-12-10-3-1-2-4-13(10)29(28-12)18-26-16(23)15(17(24)27-18)25-19(30)31/h1-5,7,25H,6H2,(H,30,31)(H4,23,24,26,27). The van der Waals surface area contributed by atoms with E-state index in [0.717, 1.165) is 6.07 Å². The van der Waals surface area contributed by atoms with Gasteiger partial charge in [-0.15, -0.1) is 0 Å². The van der Waals surface area contributed by atoms with Gasteiger partial charge in [-0.25, -0.2) is 18.0 Å². The molecule has 31 heavy (non-hydrogen) atoms. The SMILES string of the molecule is Nc1nc(-n2nc(Cc3cc(F)cc(F)c3F)c3ccccc32)nc(N)c1NC(=O)O. The van der Waals surface area contributed by atoms with Crippen LogP contribution in [0.15, 0.2) is 36.4 Å². The van der Waals surface area contributed by atoms with Crippen molar-refractivity contribution in [2.75, 3.05) is 16.8 Å². The topological polar surface area (TPSA) is 145 Å². The van der Waals surface area contributed by atoms with Crippen molar-refractivity contribution in [1.29, 1.82) is 0 Å². The predicted octanol–water partition coefficient (Wildman–Crippen LogP) is 3.08. The first-order valence-electron chi connectivity index (χ1n) is 8.78. The van der Waals surface area contributed by atoms with E-state index in [0.29, 0.717) is 22.7 Å². The first-order valence-corrected chi connectivity index (χ1v) is 8.78. The Labute approximate surface area is 172 Å². The van der Waals surface area contributed by atoms with Gasteiger partial charge in [0.25, 0.3) is 5.95 Å². The highest BCUT2D eigenvalue weighted by molar-refractivity contribution is 5.91. The summed E-state index contributed by atoms with van der Waals surface area (Å²) in [5, 5.41) is 15.8. The molecule has 0 spiro atoms. The molecule has 158 valence electrons. The molecule has 2 aromatic heterocycles. The van der Waals surface area contributed by atoms with Gasteiger partial charge in [-0.1, -0.05) is 18.2 Å². The van der Waals surface area contributed by atoms with Crippen molar-refractivity contribution in [2.45, 2.75) is 6.42 Å². The molecule has 0 aliphatic carbocycles. The van der Waals surface area contributed by atoms with Gasteiger partial charge in [-0.3, -0.25) is 5.32 Å². The molecule has 0 unspecified atom stereocenters. The summed E-state index contributed by atoms with van der Waals surface area (Å²) in [6.45, 7) is 0. The molecule has 0 saturated carbocycles. The van der Waals surface area contributed by atoms with Crippen LogP contribution in [0.2, 0.25) is 0 Å². The first kappa shape index (κ1) is 19.9. The zero-order valence-corrected chi connectivity index (χ0v) is 15.6. The maximum absolute atomic E-state index is 14.2. The Balaban J connectivity index is 1.84. The largest absolute Gasteiger partial charge is 0.465 e. The van der Waals surface area contributed by atoms with Crippen LogP contribution in [-0.2, 0) is 6.42 Å². The van der Waals surface area contributed by atoms with Crippen molar-refractivity contribution in [2.24, 2.45) is 0 Å². The molecular weight excluding hydrogens is 415 g/mol. The van der Waals surface area contributed by atoms with E-state index in [-0.39, 0.29) is 35.3 Å². The maximum Gasteiger partial charge on any atom is 0.409 e. The second-order valence-corrected chi connectivity index (χ2v) is 6.51. The van der Waals surface area contributed by atoms with E-state index in [1.54, 1.807) is 24.3 Å². The Kier molecular flexibility index (Phi) is 4.81. The molecule has 1 amide bonds. The van der Waals surface area contributed by atoms with Gasteiger partial charge in [0, 0.05) is 17.9 Å². The number of nitrogens with one attached hydrogen (secondary N) is 1. The van der Waals surface area contributed by atoms with Gasteiger partial charge < -0.3 is 16.6 Å². The third-order valence-electron chi connectivity index (χ3n) is 4.46. The number of fused-ring (bicyclic) bond motifs is 1. The minimum atomic E-state index is -1.40. The molecule has 12 heteroatoms. The van der Waals surface area contributed by atoms with Crippen molar-refractivity contribution in [3.8, 4) is 5.95 Å². The first-order chi connectivity index (χ1) is 14.7. The lowest BCUT2D eigenvalue weighted by atomic mass is 10.1. The van der Waals surface area contributed by atoms with Crippen LogP contribution in [0.25, 0.3) is 16.9 Å². The van der Waals surface area contributed by atoms with Crippen LogP contribution in [0.4, 0.5) is 35.3 Å². The van der Waals surface area contributed by atoms with Gasteiger partial charge in [0.1, 0.15) is 11.5 Å². The fraction of sp³-hybridized carbons (Fsp3) is 0.0526. The average molecular weight is 429 g/mol. The number of carboxylic acid groups (broad SMARTS) is 1. The third kappa shape index (κ3) is 3.66. The number of hydrogen-bond acceptors (Lipinski definition) is 6. The van der Waals surface area contributed by atoms with Crippen LogP contribution in [-0.4, -0.2) is 30.9 Å². The molecule has 0 aliphatic rings. The molecule has 6 N–H and O–H groups in total. The quantitative estimate of drug-likeness (QED) is 0.365. The Morgan fingerprint density at radius 2 is 1.77 bits per heavy atom. The molecule has 9 nitrogen and oxygen atoms in total. The Hall–Kier alpha value is -4.35. The molecule has 0 atom stereocenters. The normalized spacial score (nSPS) is 11.1. The van der Waals surface area contributed by atoms with Crippen molar-refractivity contribution in [3.63, 3.8) is 0 Å². The summed E-state index contributed by atoms with van der Waals surface area (Å²) in [6, 6.07) is 8.14. The highest BCUT2D eigenvalue weighted by atomic mass is 19.2. The number of aromatic nitrogens is 4. The van der Waals surface area contributed by atoms with Crippen molar-refractivity contribution in [1.82, 2.24) is 19.7 Å². The lowest BCUT2D eigenvalue weighted by molar-refractivity contribution is 0.209. The van der Waals surface area contributed by atoms with Crippen LogP contribution in [0.5, 0.6) is 0 Å². The van der Waals surface area contributed by atoms with Crippen LogP contribution < -0.4 is 16.8 Å². The van der Waals surface area contributed by atoms with Crippen molar-refractivity contribution < 1.29 is 23.1 Å². The van der Waals surface area contributed by atoms with E-state index in [4.69, 9.17) is 16.6 Å². The summed E-state index contributed by atoms with van der Waals surface area (Å²) in [4.78, 5) is 19.0. The summed E-state index contributed by atoms with van der Waals surface area (Å²) in [7, 11) is 0. The number of anilines is 3. The van der Waals surface area contributed by atoms with Crippen LogP contribution >= 0.6 is 0 Å². The molecule has 0 bridgehead atoms. The van der Waals surface area contributed by atoms with Crippen LogP contribution in [0.1, 0.15) is 11.3 Å². The summed E-state index contributed by atoms with van der Waals surface area (Å²) < 4.78 is 42.6. The lowest BCUT2D eigenvalue weighted by Crippen LogP contribution is -2.16. The molecular formula is C19H14F3N7O2. The number of halogens is 3. The molecule has 2 aromatic carbocycles. The molecule has 0 aliphatic heterocycles. The lowest BCUT2D eigenvalue weighted by Gasteiger charge is -2.09. The van der Waals surface area contributed by atoms with Gasteiger partial charge in [0.2, 0.25) is 0 Å². The van der Waals surface area contributed by atoms with Crippen LogP contribution in [0.3, 0.4) is 0 Å². The average Bonchev–Trinajstić information content (AvgIpc) is 3.07. The summed E-state index contributed by atoms with van der Waals surface area (Å²) >= 11 is 0. The Bertz CT molecular complexity index is 1320. The zero-order valence-electron chi connectivity index (χ0n) is 15.6. The maximum atomic E-state index is 14.2. The fourth-order valence-corrected chi connectivity index (χ4v) is 3.15. The third-order valence-corrected chi connectivity index (χ3v) is 4.46. The van der Waals surface area contributed by atoms with E-state index < -0.39 is 23.5 Å². The van der Waals surface area contributed by atoms with Gasteiger partial charge in [0.05, 0.1) is 11.2 Å².